The van der Waals surface area contributed by atoms with Gasteiger partial charge in [0.1, 0.15) is 18.1 Å². The molecule has 2 aliphatic rings. The second kappa shape index (κ2) is 6.49. The first-order valence-electron chi connectivity index (χ1n) is 7.68. The SMILES string of the molecule is O=C1NC(=Nc2cccc(O)c2)S/C1=C\C1=Cc2ccccc2OC1. The predicted molar refractivity (Wildman–Crippen MR) is 98.9 cm³/mol. The zero-order valence-corrected chi connectivity index (χ0v) is 13.9. The molecule has 0 bridgehead atoms. The summed E-state index contributed by atoms with van der Waals surface area (Å²) in [6.45, 7) is 0.424. The molecule has 2 heterocycles. The van der Waals surface area contributed by atoms with Crippen molar-refractivity contribution in [1.82, 2.24) is 5.32 Å². The molecular weight excluding hydrogens is 336 g/mol. The van der Waals surface area contributed by atoms with Crippen LogP contribution in [0.4, 0.5) is 5.69 Å². The van der Waals surface area contributed by atoms with Crippen molar-refractivity contribution in [3.8, 4) is 11.5 Å². The van der Waals surface area contributed by atoms with Gasteiger partial charge in [0.2, 0.25) is 0 Å². The third-order valence-corrected chi connectivity index (χ3v) is 4.59. The number of benzene rings is 2. The Bertz CT molecular complexity index is 947. The Morgan fingerprint density at radius 2 is 2.08 bits per heavy atom. The van der Waals surface area contributed by atoms with E-state index in [2.05, 4.69) is 10.3 Å². The van der Waals surface area contributed by atoms with E-state index in [1.54, 1.807) is 18.2 Å². The van der Waals surface area contributed by atoms with Crippen molar-refractivity contribution in [2.45, 2.75) is 0 Å². The average Bonchev–Trinajstić information content (AvgIpc) is 2.94. The number of thioether (sulfide) groups is 1. The van der Waals surface area contributed by atoms with E-state index in [4.69, 9.17) is 4.74 Å². The van der Waals surface area contributed by atoms with Crippen molar-refractivity contribution in [1.29, 1.82) is 0 Å². The predicted octanol–water partition coefficient (Wildman–Crippen LogP) is 3.60. The molecule has 124 valence electrons. The van der Waals surface area contributed by atoms with E-state index >= 15 is 0 Å². The first-order chi connectivity index (χ1) is 12.2. The van der Waals surface area contributed by atoms with Gasteiger partial charge in [-0.2, -0.15) is 0 Å². The van der Waals surface area contributed by atoms with Gasteiger partial charge >= 0.3 is 0 Å². The Kier molecular flexibility index (Phi) is 4.03. The molecule has 0 unspecified atom stereocenters. The Morgan fingerprint density at radius 1 is 1.20 bits per heavy atom. The second-order valence-electron chi connectivity index (χ2n) is 5.55. The summed E-state index contributed by atoms with van der Waals surface area (Å²) in [6, 6.07) is 14.4. The van der Waals surface area contributed by atoms with Gasteiger partial charge < -0.3 is 15.2 Å². The van der Waals surface area contributed by atoms with Crippen molar-refractivity contribution in [2.75, 3.05) is 6.61 Å². The fourth-order valence-corrected chi connectivity index (χ4v) is 3.40. The largest absolute Gasteiger partial charge is 0.508 e. The van der Waals surface area contributed by atoms with E-state index in [9.17, 15) is 9.90 Å². The van der Waals surface area contributed by atoms with Gasteiger partial charge in [0.25, 0.3) is 5.91 Å². The van der Waals surface area contributed by atoms with Crippen molar-refractivity contribution >= 4 is 34.6 Å². The molecule has 0 spiro atoms. The highest BCUT2D eigenvalue weighted by Crippen LogP contribution is 2.31. The third kappa shape index (κ3) is 3.44. The van der Waals surface area contributed by atoms with Crippen LogP contribution in [0.15, 0.2) is 70.1 Å². The number of carbonyl (C=O) groups is 1. The fraction of sp³-hybridized carbons (Fsp3) is 0.0526. The van der Waals surface area contributed by atoms with Gasteiger partial charge in [-0.15, -0.1) is 0 Å². The molecule has 0 aromatic heterocycles. The molecule has 2 aromatic carbocycles. The van der Waals surface area contributed by atoms with Crippen LogP contribution in [0.2, 0.25) is 0 Å². The Balaban J connectivity index is 1.57. The van der Waals surface area contributed by atoms with Gasteiger partial charge in [-0.1, -0.05) is 24.3 Å². The molecule has 2 aromatic rings. The summed E-state index contributed by atoms with van der Waals surface area (Å²) >= 11 is 1.27. The van der Waals surface area contributed by atoms with Crippen molar-refractivity contribution in [2.24, 2.45) is 4.99 Å². The molecular formula is C19H14N2O3S. The van der Waals surface area contributed by atoms with Crippen molar-refractivity contribution in [3.63, 3.8) is 0 Å². The molecule has 2 N–H and O–H groups in total. The lowest BCUT2D eigenvalue weighted by Gasteiger charge is -2.15. The molecule has 5 nitrogen and oxygen atoms in total. The summed E-state index contributed by atoms with van der Waals surface area (Å²) in [7, 11) is 0. The van der Waals surface area contributed by atoms with Crippen LogP contribution in [0.5, 0.6) is 11.5 Å². The minimum atomic E-state index is -0.191. The molecule has 0 radical (unpaired) electrons. The van der Waals surface area contributed by atoms with Crippen LogP contribution in [0, 0.1) is 0 Å². The Morgan fingerprint density at radius 3 is 2.96 bits per heavy atom. The van der Waals surface area contributed by atoms with Gasteiger partial charge in [0.15, 0.2) is 5.17 Å². The van der Waals surface area contributed by atoms with Crippen molar-refractivity contribution < 1.29 is 14.6 Å². The van der Waals surface area contributed by atoms with Crippen LogP contribution in [0.25, 0.3) is 6.08 Å². The number of amidine groups is 1. The smallest absolute Gasteiger partial charge is 0.264 e. The topological polar surface area (TPSA) is 70.9 Å². The van der Waals surface area contributed by atoms with Crippen molar-refractivity contribution in [3.05, 3.63) is 70.6 Å². The average molecular weight is 350 g/mol. The number of aromatic hydroxyl groups is 1. The molecule has 0 atom stereocenters. The van der Waals surface area contributed by atoms with Crippen LogP contribution in [0.3, 0.4) is 0 Å². The summed E-state index contributed by atoms with van der Waals surface area (Å²) in [5.74, 6) is 0.790. The lowest BCUT2D eigenvalue weighted by Crippen LogP contribution is -2.19. The molecule has 0 aliphatic carbocycles. The Hall–Kier alpha value is -2.99. The fourth-order valence-electron chi connectivity index (χ4n) is 2.55. The molecule has 1 saturated heterocycles. The van der Waals surface area contributed by atoms with Gasteiger partial charge in [-0.05, 0) is 47.7 Å². The number of fused-ring (bicyclic) bond motifs is 1. The van der Waals surface area contributed by atoms with Gasteiger partial charge in [-0.25, -0.2) is 4.99 Å². The molecule has 0 saturated carbocycles. The number of nitrogens with zero attached hydrogens (tertiary/aromatic N) is 1. The minimum Gasteiger partial charge on any atom is -0.508 e. The van der Waals surface area contributed by atoms with E-state index in [1.807, 2.05) is 36.4 Å². The highest BCUT2D eigenvalue weighted by Gasteiger charge is 2.24. The zero-order chi connectivity index (χ0) is 17.2. The molecule has 1 fully saturated rings. The maximum Gasteiger partial charge on any atom is 0.264 e. The van der Waals surface area contributed by atoms with Crippen LogP contribution < -0.4 is 10.1 Å². The summed E-state index contributed by atoms with van der Waals surface area (Å²) in [4.78, 5) is 17.1. The summed E-state index contributed by atoms with van der Waals surface area (Å²) in [5.41, 5.74) is 2.51. The number of ether oxygens (including phenoxy) is 1. The molecule has 6 heteroatoms. The maximum absolute atomic E-state index is 12.2. The molecule has 2 aliphatic heterocycles. The number of nitrogens with one attached hydrogen (secondary N) is 1. The number of rotatable bonds is 2. The second-order valence-corrected chi connectivity index (χ2v) is 6.58. The van der Waals surface area contributed by atoms with Gasteiger partial charge in [0, 0.05) is 11.6 Å². The number of hydrogen-bond acceptors (Lipinski definition) is 5. The first-order valence-corrected chi connectivity index (χ1v) is 8.50. The van der Waals surface area contributed by atoms with Crippen LogP contribution in [-0.2, 0) is 4.79 Å². The summed E-state index contributed by atoms with van der Waals surface area (Å²) in [6.07, 6.45) is 3.84. The quantitative estimate of drug-likeness (QED) is 0.812. The summed E-state index contributed by atoms with van der Waals surface area (Å²) in [5, 5.41) is 12.7. The van der Waals surface area contributed by atoms with Crippen LogP contribution in [-0.4, -0.2) is 22.8 Å². The molecule has 4 rings (SSSR count). The molecule has 25 heavy (non-hydrogen) atoms. The number of hydrogen-bond donors (Lipinski definition) is 2. The zero-order valence-electron chi connectivity index (χ0n) is 13.1. The number of para-hydroxylation sites is 1. The van der Waals surface area contributed by atoms with E-state index in [1.165, 1.54) is 17.8 Å². The number of carbonyl (C=O) groups excluding carboxylic acids is 1. The highest BCUT2D eigenvalue weighted by molar-refractivity contribution is 8.18. The van der Waals surface area contributed by atoms with Gasteiger partial charge in [-0.3, -0.25) is 4.79 Å². The summed E-state index contributed by atoms with van der Waals surface area (Å²) < 4.78 is 5.71. The lowest BCUT2D eigenvalue weighted by atomic mass is 10.1. The monoisotopic (exact) mass is 350 g/mol. The first kappa shape index (κ1) is 15.5. The van der Waals surface area contributed by atoms with E-state index in [0.717, 1.165) is 16.9 Å². The van der Waals surface area contributed by atoms with Crippen LogP contribution >= 0.6 is 11.8 Å². The Labute approximate surface area is 148 Å². The number of phenols is 1. The number of phenolic OH excluding ortho intramolecular Hbond substituents is 1. The number of aliphatic imine (C=N–C) groups is 1. The third-order valence-electron chi connectivity index (χ3n) is 3.68. The number of amides is 1. The van der Waals surface area contributed by atoms with Crippen LogP contribution in [0.1, 0.15) is 5.56 Å². The highest BCUT2D eigenvalue weighted by atomic mass is 32.2. The van der Waals surface area contributed by atoms with E-state index in [0.29, 0.717) is 22.4 Å². The standard InChI is InChI=1S/C19H14N2O3S/c22-15-6-3-5-14(10-15)20-19-21-18(23)17(25-19)9-12-8-13-4-1-2-7-16(13)24-11-12/h1-10,22H,11H2,(H,20,21,23)/b17-9-. The lowest BCUT2D eigenvalue weighted by molar-refractivity contribution is -0.115. The minimum absolute atomic E-state index is 0.134. The maximum atomic E-state index is 12.2. The van der Waals surface area contributed by atoms with E-state index < -0.39 is 0 Å². The van der Waals surface area contributed by atoms with Gasteiger partial charge in [0.05, 0.1) is 10.6 Å². The normalized spacial score (nSPS) is 19.4. The van der Waals surface area contributed by atoms with E-state index in [-0.39, 0.29) is 11.7 Å². The molecule has 1 amide bonds.